The number of aryl methyl sites for hydroxylation is 1. The van der Waals surface area contributed by atoms with Crippen molar-refractivity contribution in [2.24, 2.45) is 0 Å². The molecule has 0 bridgehead atoms. The Balaban J connectivity index is 2.16. The topological polar surface area (TPSA) is 113 Å². The number of hydrogen-bond donors (Lipinski definition) is 1. The van der Waals surface area contributed by atoms with Gasteiger partial charge in [0.1, 0.15) is 16.3 Å². The van der Waals surface area contributed by atoms with Crippen LogP contribution in [0.1, 0.15) is 4.88 Å². The Bertz CT molecular complexity index is 987. The predicted octanol–water partition coefficient (Wildman–Crippen LogP) is -0.213. The molecule has 0 spiro atoms. The highest BCUT2D eigenvalue weighted by molar-refractivity contribution is 7.89. The van der Waals surface area contributed by atoms with Crippen LogP contribution in [0.2, 0.25) is 0 Å². The van der Waals surface area contributed by atoms with Gasteiger partial charge in [0.2, 0.25) is 10.0 Å². The lowest BCUT2D eigenvalue weighted by atomic mass is 10.3. The molecule has 0 unspecified atom stereocenters. The summed E-state index contributed by atoms with van der Waals surface area (Å²) in [6.45, 7) is 2.99. The molecule has 2 aromatic heterocycles. The van der Waals surface area contributed by atoms with E-state index in [9.17, 15) is 18.0 Å². The number of nitrogens with zero attached hydrogens (tertiary/aromatic N) is 4. The first-order valence-electron chi connectivity index (χ1n) is 7.61. The summed E-state index contributed by atoms with van der Waals surface area (Å²) in [5.74, 6) is -1.20. The van der Waals surface area contributed by atoms with Crippen molar-refractivity contribution < 1.29 is 18.3 Å². The van der Waals surface area contributed by atoms with Gasteiger partial charge in [-0.2, -0.15) is 4.31 Å². The van der Waals surface area contributed by atoms with E-state index < -0.39 is 28.1 Å². The summed E-state index contributed by atoms with van der Waals surface area (Å²) >= 11 is 1.12. The Morgan fingerprint density at radius 1 is 1.32 bits per heavy atom. The van der Waals surface area contributed by atoms with Crippen LogP contribution in [0.5, 0.6) is 0 Å². The number of hydrogen-bond acceptors (Lipinski definition) is 7. The van der Waals surface area contributed by atoms with Crippen LogP contribution in [0, 0.1) is 6.92 Å². The van der Waals surface area contributed by atoms with Crippen LogP contribution < -0.4 is 5.56 Å². The van der Waals surface area contributed by atoms with Gasteiger partial charge in [-0.05, 0) is 14.0 Å². The average molecular weight is 386 g/mol. The standard InChI is InChI=1S/C14H18N4O5S2/c1-9-12(25(22,23)18-5-3-16(2)4-6-18)11-13(24-9)15-8-17(14(11)21)7-10(19)20/h8H,3-7H2,1-2H3,(H,19,20). The molecular weight excluding hydrogens is 368 g/mol. The number of aliphatic carboxylic acids is 1. The summed E-state index contributed by atoms with van der Waals surface area (Å²) in [5.41, 5.74) is -0.649. The second-order valence-corrected chi connectivity index (χ2v) is 9.02. The Kier molecular flexibility index (Phi) is 4.66. The molecule has 0 radical (unpaired) electrons. The van der Waals surface area contributed by atoms with Crippen molar-refractivity contribution in [1.82, 2.24) is 18.8 Å². The number of carboxylic acids is 1. The maximum absolute atomic E-state index is 13.1. The molecule has 136 valence electrons. The Hall–Kier alpha value is -1.82. The van der Waals surface area contributed by atoms with E-state index in [1.54, 1.807) is 6.92 Å². The fourth-order valence-electron chi connectivity index (χ4n) is 2.84. The molecule has 0 atom stereocenters. The van der Waals surface area contributed by atoms with Gasteiger partial charge >= 0.3 is 5.97 Å². The van der Waals surface area contributed by atoms with Crippen molar-refractivity contribution in [1.29, 1.82) is 0 Å². The number of sulfonamides is 1. The molecular formula is C14H18N4O5S2. The molecule has 1 aliphatic rings. The quantitative estimate of drug-likeness (QED) is 0.773. The lowest BCUT2D eigenvalue weighted by Gasteiger charge is -2.31. The van der Waals surface area contributed by atoms with E-state index in [1.165, 1.54) is 4.31 Å². The first-order valence-corrected chi connectivity index (χ1v) is 9.86. The minimum Gasteiger partial charge on any atom is -0.480 e. The molecule has 1 N–H and O–H groups in total. The molecule has 9 nitrogen and oxygen atoms in total. The van der Waals surface area contributed by atoms with E-state index in [1.807, 2.05) is 11.9 Å². The van der Waals surface area contributed by atoms with E-state index in [2.05, 4.69) is 4.98 Å². The minimum atomic E-state index is -3.85. The van der Waals surface area contributed by atoms with Crippen LogP contribution in [-0.2, 0) is 21.4 Å². The number of fused-ring (bicyclic) bond motifs is 1. The Labute approximate surface area is 148 Å². The van der Waals surface area contributed by atoms with Crippen molar-refractivity contribution in [2.45, 2.75) is 18.4 Å². The molecule has 1 fully saturated rings. The average Bonchev–Trinajstić information content (AvgIpc) is 2.88. The van der Waals surface area contributed by atoms with E-state index in [-0.39, 0.29) is 10.3 Å². The monoisotopic (exact) mass is 386 g/mol. The summed E-state index contributed by atoms with van der Waals surface area (Å²) in [6.07, 6.45) is 1.14. The van der Waals surface area contributed by atoms with Gasteiger partial charge in [0.25, 0.3) is 5.56 Å². The first-order chi connectivity index (χ1) is 11.7. The van der Waals surface area contributed by atoms with Crippen LogP contribution in [-0.4, -0.2) is 71.5 Å². The summed E-state index contributed by atoms with van der Waals surface area (Å²) < 4.78 is 28.5. The minimum absolute atomic E-state index is 0.0230. The zero-order valence-electron chi connectivity index (χ0n) is 13.8. The molecule has 1 aliphatic heterocycles. The molecule has 1 saturated heterocycles. The SMILES string of the molecule is Cc1sc2ncn(CC(=O)O)c(=O)c2c1S(=O)(=O)N1CCN(C)CC1. The van der Waals surface area contributed by atoms with Crippen molar-refractivity contribution in [3.8, 4) is 0 Å². The van der Waals surface area contributed by atoms with Crippen molar-refractivity contribution in [3.63, 3.8) is 0 Å². The predicted molar refractivity (Wildman–Crippen MR) is 92.5 cm³/mol. The maximum Gasteiger partial charge on any atom is 0.323 e. The number of thiophene rings is 1. The van der Waals surface area contributed by atoms with Crippen LogP contribution >= 0.6 is 11.3 Å². The molecule has 3 rings (SSSR count). The van der Waals surface area contributed by atoms with Gasteiger partial charge in [-0.15, -0.1) is 11.3 Å². The molecule has 0 amide bonds. The van der Waals surface area contributed by atoms with Crippen molar-refractivity contribution in [3.05, 3.63) is 21.6 Å². The first kappa shape index (κ1) is 18.0. The highest BCUT2D eigenvalue weighted by atomic mass is 32.2. The largest absolute Gasteiger partial charge is 0.480 e. The molecule has 11 heteroatoms. The smallest absolute Gasteiger partial charge is 0.323 e. The molecule has 3 heterocycles. The molecule has 0 saturated carbocycles. The molecule has 25 heavy (non-hydrogen) atoms. The molecule has 0 aliphatic carbocycles. The summed E-state index contributed by atoms with van der Waals surface area (Å²) in [6, 6.07) is 0. The third kappa shape index (κ3) is 3.19. The molecule has 0 aromatic carbocycles. The molecule has 2 aromatic rings. The third-order valence-electron chi connectivity index (χ3n) is 4.17. The normalized spacial score (nSPS) is 17.2. The zero-order valence-corrected chi connectivity index (χ0v) is 15.4. The van der Waals surface area contributed by atoms with Crippen molar-refractivity contribution in [2.75, 3.05) is 33.2 Å². The second-order valence-electron chi connectivity index (χ2n) is 5.95. The van der Waals surface area contributed by atoms with E-state index >= 15 is 0 Å². The zero-order chi connectivity index (χ0) is 18.4. The van der Waals surface area contributed by atoms with Gasteiger partial charge in [-0.25, -0.2) is 13.4 Å². The number of aromatic nitrogens is 2. The van der Waals surface area contributed by atoms with Crippen LogP contribution in [0.4, 0.5) is 0 Å². The third-order valence-corrected chi connectivity index (χ3v) is 7.38. The number of carbonyl (C=O) groups is 1. The van der Waals surface area contributed by atoms with E-state index in [4.69, 9.17) is 5.11 Å². The number of likely N-dealkylation sites (N-methyl/N-ethyl adjacent to an activating group) is 1. The fraction of sp³-hybridized carbons (Fsp3) is 0.500. The van der Waals surface area contributed by atoms with Gasteiger partial charge in [0.05, 0.1) is 11.7 Å². The Morgan fingerprint density at radius 2 is 1.96 bits per heavy atom. The van der Waals surface area contributed by atoms with Crippen LogP contribution in [0.25, 0.3) is 10.2 Å². The highest BCUT2D eigenvalue weighted by Crippen LogP contribution is 2.33. The number of piperazine rings is 1. The van der Waals surface area contributed by atoms with Gasteiger partial charge in [-0.3, -0.25) is 14.2 Å². The van der Waals surface area contributed by atoms with E-state index in [0.29, 0.717) is 35.9 Å². The lowest BCUT2D eigenvalue weighted by molar-refractivity contribution is -0.137. The van der Waals surface area contributed by atoms with E-state index in [0.717, 1.165) is 22.2 Å². The Morgan fingerprint density at radius 3 is 2.56 bits per heavy atom. The summed E-state index contributed by atoms with van der Waals surface area (Å²) in [5, 5.41) is 8.89. The van der Waals surface area contributed by atoms with Gasteiger partial charge in [0.15, 0.2) is 0 Å². The van der Waals surface area contributed by atoms with Crippen molar-refractivity contribution >= 4 is 37.5 Å². The highest BCUT2D eigenvalue weighted by Gasteiger charge is 2.33. The number of carboxylic acid groups (broad SMARTS) is 1. The van der Waals surface area contributed by atoms with Gasteiger partial charge in [-0.1, -0.05) is 0 Å². The second kappa shape index (κ2) is 6.48. The van der Waals surface area contributed by atoms with Crippen LogP contribution in [0.15, 0.2) is 16.0 Å². The number of rotatable bonds is 4. The fourth-order valence-corrected chi connectivity index (χ4v) is 5.93. The summed E-state index contributed by atoms with van der Waals surface area (Å²) in [4.78, 5) is 30.4. The maximum atomic E-state index is 13.1. The summed E-state index contributed by atoms with van der Waals surface area (Å²) in [7, 11) is -1.93. The lowest BCUT2D eigenvalue weighted by Crippen LogP contribution is -2.47. The van der Waals surface area contributed by atoms with Crippen LogP contribution in [0.3, 0.4) is 0 Å². The van der Waals surface area contributed by atoms with Gasteiger partial charge in [0, 0.05) is 31.1 Å². The van der Waals surface area contributed by atoms with Gasteiger partial charge < -0.3 is 10.0 Å².